The van der Waals surface area contributed by atoms with E-state index < -0.39 is 0 Å². The monoisotopic (exact) mass is 305 g/mol. The molecule has 0 radical (unpaired) electrons. The summed E-state index contributed by atoms with van der Waals surface area (Å²) in [5.74, 6) is -0.156. The van der Waals surface area contributed by atoms with Crippen molar-refractivity contribution in [2.75, 3.05) is 25.1 Å². The Morgan fingerprint density at radius 3 is 2.50 bits per heavy atom. The normalized spacial score (nSPS) is 13.7. The molecule has 1 amide bonds. The van der Waals surface area contributed by atoms with Crippen LogP contribution in [0.25, 0.3) is 0 Å². The minimum absolute atomic E-state index is 0.0551. The van der Waals surface area contributed by atoms with Gasteiger partial charge in [0.1, 0.15) is 6.61 Å². The van der Waals surface area contributed by atoms with E-state index in [1.54, 1.807) is 24.3 Å². The van der Waals surface area contributed by atoms with E-state index in [0.717, 1.165) is 25.7 Å². The van der Waals surface area contributed by atoms with E-state index in [4.69, 9.17) is 9.47 Å². The van der Waals surface area contributed by atoms with E-state index in [9.17, 15) is 9.59 Å². The lowest BCUT2D eigenvalue weighted by molar-refractivity contribution is -0.117. The molecule has 1 saturated carbocycles. The summed E-state index contributed by atoms with van der Waals surface area (Å²) in [6.07, 6.45) is 4.04. The summed E-state index contributed by atoms with van der Waals surface area (Å²) < 4.78 is 10.5. The number of carbonyl (C=O) groups excluding carboxylic acids is 2. The predicted octanol–water partition coefficient (Wildman–Crippen LogP) is 3.01. The molecule has 0 aromatic heterocycles. The summed E-state index contributed by atoms with van der Waals surface area (Å²) in [6, 6.07) is 6.74. The molecule has 0 aliphatic heterocycles. The van der Waals surface area contributed by atoms with Crippen molar-refractivity contribution in [2.45, 2.75) is 32.6 Å². The summed E-state index contributed by atoms with van der Waals surface area (Å²) in [5, 5.41) is 2.83. The van der Waals surface area contributed by atoms with E-state index in [2.05, 4.69) is 12.2 Å². The largest absolute Gasteiger partial charge is 0.460 e. The molecule has 1 fully saturated rings. The number of benzene rings is 1. The van der Waals surface area contributed by atoms with Gasteiger partial charge in [0.25, 0.3) is 0 Å². The van der Waals surface area contributed by atoms with Crippen molar-refractivity contribution in [1.29, 1.82) is 0 Å². The first-order valence-electron chi connectivity index (χ1n) is 7.86. The first-order valence-corrected chi connectivity index (χ1v) is 7.86. The van der Waals surface area contributed by atoms with Crippen LogP contribution in [0.2, 0.25) is 0 Å². The van der Waals surface area contributed by atoms with Crippen molar-refractivity contribution in [3.8, 4) is 0 Å². The lowest BCUT2D eigenvalue weighted by atomic mass is 10.2. The van der Waals surface area contributed by atoms with Crippen LogP contribution in [-0.2, 0) is 14.3 Å². The van der Waals surface area contributed by atoms with Gasteiger partial charge in [-0.3, -0.25) is 4.79 Å². The fourth-order valence-corrected chi connectivity index (χ4v) is 1.90. The Morgan fingerprint density at radius 2 is 1.86 bits per heavy atom. The number of ether oxygens (including phenoxy) is 2. The van der Waals surface area contributed by atoms with Gasteiger partial charge in [0.2, 0.25) is 5.91 Å². The van der Waals surface area contributed by atoms with Gasteiger partial charge in [0.15, 0.2) is 0 Å². The van der Waals surface area contributed by atoms with Crippen molar-refractivity contribution in [1.82, 2.24) is 0 Å². The van der Waals surface area contributed by atoms with Crippen LogP contribution in [0.4, 0.5) is 5.69 Å². The SMILES string of the molecule is CCCCOCCOC(=O)c1ccc(NC(=O)C2CC2)cc1. The molecule has 1 N–H and O–H groups in total. The summed E-state index contributed by atoms with van der Waals surface area (Å²) in [5.41, 5.74) is 1.18. The predicted molar refractivity (Wildman–Crippen MR) is 83.8 cm³/mol. The van der Waals surface area contributed by atoms with Gasteiger partial charge in [0.05, 0.1) is 12.2 Å². The Labute approximate surface area is 131 Å². The maximum absolute atomic E-state index is 11.8. The molecule has 0 saturated heterocycles. The van der Waals surface area contributed by atoms with Crippen molar-refractivity contribution in [3.05, 3.63) is 29.8 Å². The van der Waals surface area contributed by atoms with Crippen LogP contribution >= 0.6 is 0 Å². The second-order valence-electron chi connectivity index (χ2n) is 5.44. The zero-order valence-corrected chi connectivity index (χ0v) is 13.0. The fourth-order valence-electron chi connectivity index (χ4n) is 1.90. The number of nitrogens with one attached hydrogen (secondary N) is 1. The van der Waals surface area contributed by atoms with Crippen LogP contribution in [0.1, 0.15) is 43.0 Å². The number of amides is 1. The van der Waals surface area contributed by atoms with Crippen molar-refractivity contribution < 1.29 is 19.1 Å². The molecule has 0 atom stereocenters. The molecule has 120 valence electrons. The summed E-state index contributed by atoms with van der Waals surface area (Å²) in [7, 11) is 0. The molecule has 1 aliphatic carbocycles. The highest BCUT2D eigenvalue weighted by Crippen LogP contribution is 2.30. The van der Waals surface area contributed by atoms with E-state index in [-0.39, 0.29) is 24.4 Å². The number of anilines is 1. The number of hydrogen-bond donors (Lipinski definition) is 1. The zero-order chi connectivity index (χ0) is 15.8. The van der Waals surface area contributed by atoms with Crippen molar-refractivity contribution in [3.63, 3.8) is 0 Å². The van der Waals surface area contributed by atoms with Gasteiger partial charge >= 0.3 is 5.97 Å². The molecule has 1 aromatic rings. The average Bonchev–Trinajstić information content (AvgIpc) is 3.36. The van der Waals surface area contributed by atoms with Crippen LogP contribution in [0.15, 0.2) is 24.3 Å². The maximum atomic E-state index is 11.8. The third-order valence-electron chi connectivity index (χ3n) is 3.44. The summed E-state index contributed by atoms with van der Waals surface area (Å²) in [4.78, 5) is 23.4. The van der Waals surface area contributed by atoms with Gasteiger partial charge in [-0.25, -0.2) is 4.79 Å². The van der Waals surface area contributed by atoms with Gasteiger partial charge in [-0.05, 0) is 43.5 Å². The Bertz CT molecular complexity index is 494. The molecule has 5 heteroatoms. The van der Waals surface area contributed by atoms with E-state index in [1.807, 2.05) is 0 Å². The standard InChI is InChI=1S/C17H23NO4/c1-2-3-10-21-11-12-22-17(20)14-6-8-15(9-7-14)18-16(19)13-4-5-13/h6-9,13H,2-5,10-12H2,1H3,(H,18,19). The Kier molecular flexibility index (Phi) is 6.40. The molecule has 0 unspecified atom stereocenters. The number of rotatable bonds is 9. The maximum Gasteiger partial charge on any atom is 0.338 e. The second kappa shape index (κ2) is 8.54. The number of carbonyl (C=O) groups is 2. The third-order valence-corrected chi connectivity index (χ3v) is 3.44. The topological polar surface area (TPSA) is 64.6 Å². The average molecular weight is 305 g/mol. The molecule has 0 bridgehead atoms. The molecule has 1 aliphatic rings. The lowest BCUT2D eigenvalue weighted by Crippen LogP contribution is -2.14. The first kappa shape index (κ1) is 16.5. The van der Waals surface area contributed by atoms with Crippen molar-refractivity contribution in [2.24, 2.45) is 5.92 Å². The molecule has 22 heavy (non-hydrogen) atoms. The fraction of sp³-hybridized carbons (Fsp3) is 0.529. The number of esters is 1. The highest BCUT2D eigenvalue weighted by molar-refractivity contribution is 5.95. The molecule has 1 aromatic carbocycles. The highest BCUT2D eigenvalue weighted by atomic mass is 16.6. The smallest absolute Gasteiger partial charge is 0.338 e. The minimum atomic E-state index is -0.376. The van der Waals surface area contributed by atoms with Gasteiger partial charge in [-0.1, -0.05) is 13.3 Å². The molecular weight excluding hydrogens is 282 g/mol. The van der Waals surface area contributed by atoms with Crippen LogP contribution in [0.5, 0.6) is 0 Å². The van der Waals surface area contributed by atoms with Crippen LogP contribution < -0.4 is 5.32 Å². The Morgan fingerprint density at radius 1 is 1.14 bits per heavy atom. The second-order valence-corrected chi connectivity index (χ2v) is 5.44. The summed E-state index contributed by atoms with van der Waals surface area (Å²) >= 11 is 0. The molecule has 2 rings (SSSR count). The first-order chi connectivity index (χ1) is 10.7. The van der Waals surface area contributed by atoms with Gasteiger partial charge in [0, 0.05) is 18.2 Å². The lowest BCUT2D eigenvalue weighted by Gasteiger charge is -2.07. The van der Waals surface area contributed by atoms with Crippen molar-refractivity contribution >= 4 is 17.6 Å². The van der Waals surface area contributed by atoms with E-state index in [0.29, 0.717) is 24.5 Å². The number of hydrogen-bond acceptors (Lipinski definition) is 4. The third kappa shape index (κ3) is 5.48. The summed E-state index contributed by atoms with van der Waals surface area (Å²) in [6.45, 7) is 3.47. The molecule has 5 nitrogen and oxygen atoms in total. The van der Waals surface area contributed by atoms with Gasteiger partial charge in [-0.2, -0.15) is 0 Å². The Balaban J connectivity index is 1.70. The molecular formula is C17H23NO4. The number of unbranched alkanes of at least 4 members (excludes halogenated alkanes) is 1. The van der Waals surface area contributed by atoms with Gasteiger partial charge in [-0.15, -0.1) is 0 Å². The zero-order valence-electron chi connectivity index (χ0n) is 13.0. The molecule has 0 spiro atoms. The minimum Gasteiger partial charge on any atom is -0.460 e. The van der Waals surface area contributed by atoms with Crippen LogP contribution in [0, 0.1) is 5.92 Å². The van der Waals surface area contributed by atoms with E-state index in [1.165, 1.54) is 0 Å². The van der Waals surface area contributed by atoms with Crippen LogP contribution in [-0.4, -0.2) is 31.7 Å². The van der Waals surface area contributed by atoms with Crippen LogP contribution in [0.3, 0.4) is 0 Å². The van der Waals surface area contributed by atoms with E-state index >= 15 is 0 Å². The van der Waals surface area contributed by atoms with Gasteiger partial charge < -0.3 is 14.8 Å². The highest BCUT2D eigenvalue weighted by Gasteiger charge is 2.29. The molecule has 0 heterocycles. The Hall–Kier alpha value is -1.88. The quantitative estimate of drug-likeness (QED) is 0.562.